The van der Waals surface area contributed by atoms with Crippen LogP contribution in [0.15, 0.2) is 24.3 Å². The summed E-state index contributed by atoms with van der Waals surface area (Å²) < 4.78 is 1.76. The zero-order valence-corrected chi connectivity index (χ0v) is 12.7. The number of hydrogen-bond donors (Lipinski definition) is 1. The van der Waals surface area contributed by atoms with E-state index in [0.717, 1.165) is 34.3 Å². The minimum Gasteiger partial charge on any atom is -0.381 e. The van der Waals surface area contributed by atoms with E-state index >= 15 is 0 Å². The van der Waals surface area contributed by atoms with Crippen LogP contribution in [-0.4, -0.2) is 20.0 Å². The first kappa shape index (κ1) is 13.8. The highest BCUT2D eigenvalue weighted by molar-refractivity contribution is 6.32. The van der Waals surface area contributed by atoms with Crippen molar-refractivity contribution in [3.63, 3.8) is 0 Å². The van der Waals surface area contributed by atoms with Crippen LogP contribution >= 0.6 is 11.6 Å². The molecule has 1 aromatic carbocycles. The lowest BCUT2D eigenvalue weighted by molar-refractivity contribution is 0.613. The first-order valence-electron chi connectivity index (χ1n) is 6.83. The zero-order valence-electron chi connectivity index (χ0n) is 12.0. The van der Waals surface area contributed by atoms with E-state index in [1.807, 2.05) is 38.1 Å². The van der Waals surface area contributed by atoms with Crippen molar-refractivity contribution in [1.82, 2.24) is 20.0 Å². The number of pyridine rings is 1. The van der Waals surface area contributed by atoms with Crippen LogP contribution in [-0.2, 0) is 13.0 Å². The number of nitrogen functional groups attached to an aromatic ring is 1. The molecule has 0 amide bonds. The Morgan fingerprint density at radius 2 is 2.05 bits per heavy atom. The standard InChI is InChI=1S/C15H16ClN5/c1-3-13-15(17)19-20-21(13)8-12-14(16)9(2)10-6-4-5-7-11(10)18-12/h4-7H,3,8,17H2,1-2H3. The highest BCUT2D eigenvalue weighted by atomic mass is 35.5. The lowest BCUT2D eigenvalue weighted by Gasteiger charge is -2.11. The average molecular weight is 302 g/mol. The molecule has 2 heterocycles. The third-order valence-electron chi connectivity index (χ3n) is 3.65. The van der Waals surface area contributed by atoms with E-state index in [9.17, 15) is 0 Å². The van der Waals surface area contributed by atoms with Gasteiger partial charge in [0.05, 0.1) is 28.5 Å². The van der Waals surface area contributed by atoms with E-state index < -0.39 is 0 Å². The van der Waals surface area contributed by atoms with E-state index in [4.69, 9.17) is 17.3 Å². The van der Waals surface area contributed by atoms with Crippen LogP contribution in [0.25, 0.3) is 10.9 Å². The summed E-state index contributed by atoms with van der Waals surface area (Å²) in [4.78, 5) is 4.65. The Labute approximate surface area is 127 Å². The Kier molecular flexibility index (Phi) is 3.51. The summed E-state index contributed by atoms with van der Waals surface area (Å²) in [5, 5.41) is 9.73. The number of benzene rings is 1. The summed E-state index contributed by atoms with van der Waals surface area (Å²) in [5.41, 5.74) is 9.46. The number of aromatic nitrogens is 4. The fourth-order valence-corrected chi connectivity index (χ4v) is 2.70. The van der Waals surface area contributed by atoms with Gasteiger partial charge in [-0.15, -0.1) is 5.10 Å². The summed E-state index contributed by atoms with van der Waals surface area (Å²) in [5.74, 6) is 0.464. The Balaban J connectivity index is 2.10. The second-order valence-corrected chi connectivity index (χ2v) is 5.33. The Hall–Kier alpha value is -2.14. The van der Waals surface area contributed by atoms with Crippen LogP contribution in [0.2, 0.25) is 5.02 Å². The third-order valence-corrected chi connectivity index (χ3v) is 4.15. The number of halogens is 1. The number of fused-ring (bicyclic) bond motifs is 1. The molecular formula is C15H16ClN5. The van der Waals surface area contributed by atoms with Gasteiger partial charge in [-0.1, -0.05) is 41.9 Å². The zero-order chi connectivity index (χ0) is 15.0. The van der Waals surface area contributed by atoms with E-state index in [0.29, 0.717) is 17.4 Å². The molecule has 0 aliphatic heterocycles. The fourth-order valence-electron chi connectivity index (χ4n) is 2.50. The Morgan fingerprint density at radius 3 is 2.81 bits per heavy atom. The van der Waals surface area contributed by atoms with Crippen molar-refractivity contribution >= 4 is 28.3 Å². The Bertz CT molecular complexity index is 809. The maximum Gasteiger partial charge on any atom is 0.169 e. The van der Waals surface area contributed by atoms with Crippen molar-refractivity contribution in [2.24, 2.45) is 0 Å². The van der Waals surface area contributed by atoms with Gasteiger partial charge in [0, 0.05) is 5.39 Å². The molecule has 0 atom stereocenters. The number of aryl methyl sites for hydroxylation is 1. The lowest BCUT2D eigenvalue weighted by atomic mass is 10.1. The molecule has 2 N–H and O–H groups in total. The number of nitrogens with two attached hydrogens (primary N) is 1. The predicted octanol–water partition coefficient (Wildman–Crippen LogP) is 2.98. The fraction of sp³-hybridized carbons (Fsp3) is 0.267. The molecule has 0 aliphatic carbocycles. The van der Waals surface area contributed by atoms with Gasteiger partial charge in [-0.2, -0.15) is 0 Å². The number of nitrogens with zero attached hydrogens (tertiary/aromatic N) is 4. The van der Waals surface area contributed by atoms with Gasteiger partial charge < -0.3 is 5.73 Å². The van der Waals surface area contributed by atoms with E-state index in [1.165, 1.54) is 0 Å². The maximum absolute atomic E-state index is 6.47. The van der Waals surface area contributed by atoms with E-state index in [2.05, 4.69) is 15.3 Å². The summed E-state index contributed by atoms with van der Waals surface area (Å²) in [6.07, 6.45) is 0.767. The number of hydrogen-bond acceptors (Lipinski definition) is 4. The molecule has 0 fully saturated rings. The highest BCUT2D eigenvalue weighted by Crippen LogP contribution is 2.27. The molecule has 0 spiro atoms. The van der Waals surface area contributed by atoms with Gasteiger partial charge in [0.2, 0.25) is 0 Å². The van der Waals surface area contributed by atoms with Crippen LogP contribution in [0.5, 0.6) is 0 Å². The lowest BCUT2D eigenvalue weighted by Crippen LogP contribution is -2.09. The predicted molar refractivity (Wildman–Crippen MR) is 84.4 cm³/mol. The second-order valence-electron chi connectivity index (χ2n) is 4.95. The summed E-state index contributed by atoms with van der Waals surface area (Å²) in [7, 11) is 0. The SMILES string of the molecule is CCc1c(N)nnn1Cc1nc2ccccc2c(C)c1Cl. The molecule has 2 aromatic heterocycles. The number of rotatable bonds is 3. The summed E-state index contributed by atoms with van der Waals surface area (Å²) in [6, 6.07) is 7.97. The number of anilines is 1. The van der Waals surface area contributed by atoms with E-state index in [1.54, 1.807) is 4.68 Å². The monoisotopic (exact) mass is 301 g/mol. The van der Waals surface area contributed by atoms with Gasteiger partial charge in [-0.25, -0.2) is 9.67 Å². The minimum absolute atomic E-state index is 0.464. The van der Waals surface area contributed by atoms with Crippen molar-refractivity contribution < 1.29 is 0 Å². The average Bonchev–Trinajstić information content (AvgIpc) is 2.84. The molecule has 3 rings (SSSR count). The molecule has 0 bridgehead atoms. The highest BCUT2D eigenvalue weighted by Gasteiger charge is 2.14. The summed E-state index contributed by atoms with van der Waals surface area (Å²) in [6.45, 7) is 4.50. The van der Waals surface area contributed by atoms with Crippen molar-refractivity contribution in [2.45, 2.75) is 26.8 Å². The molecule has 21 heavy (non-hydrogen) atoms. The van der Waals surface area contributed by atoms with Gasteiger partial charge in [0.1, 0.15) is 0 Å². The molecule has 0 saturated carbocycles. The first-order valence-corrected chi connectivity index (χ1v) is 7.21. The topological polar surface area (TPSA) is 69.6 Å². The molecule has 5 nitrogen and oxygen atoms in total. The van der Waals surface area contributed by atoms with Crippen molar-refractivity contribution in [3.05, 3.63) is 46.2 Å². The van der Waals surface area contributed by atoms with Gasteiger partial charge >= 0.3 is 0 Å². The quantitative estimate of drug-likeness (QED) is 0.807. The Morgan fingerprint density at radius 1 is 1.29 bits per heavy atom. The molecule has 0 saturated heterocycles. The van der Waals surface area contributed by atoms with Gasteiger partial charge in [-0.05, 0) is 25.0 Å². The molecule has 0 aliphatic rings. The third kappa shape index (κ3) is 2.34. The van der Waals surface area contributed by atoms with Crippen LogP contribution in [0.1, 0.15) is 23.9 Å². The molecule has 0 radical (unpaired) electrons. The molecule has 6 heteroatoms. The van der Waals surface area contributed by atoms with Crippen molar-refractivity contribution in [3.8, 4) is 0 Å². The second kappa shape index (κ2) is 5.33. The first-order chi connectivity index (χ1) is 10.1. The van der Waals surface area contributed by atoms with Crippen LogP contribution in [0.3, 0.4) is 0 Å². The van der Waals surface area contributed by atoms with Crippen LogP contribution in [0.4, 0.5) is 5.82 Å². The van der Waals surface area contributed by atoms with Crippen LogP contribution in [0, 0.1) is 6.92 Å². The van der Waals surface area contributed by atoms with Crippen molar-refractivity contribution in [2.75, 3.05) is 5.73 Å². The molecule has 3 aromatic rings. The maximum atomic E-state index is 6.47. The largest absolute Gasteiger partial charge is 0.381 e. The van der Waals surface area contributed by atoms with E-state index in [-0.39, 0.29) is 0 Å². The smallest absolute Gasteiger partial charge is 0.169 e. The van der Waals surface area contributed by atoms with Crippen LogP contribution < -0.4 is 5.73 Å². The molecular weight excluding hydrogens is 286 g/mol. The van der Waals surface area contributed by atoms with Crippen molar-refractivity contribution in [1.29, 1.82) is 0 Å². The van der Waals surface area contributed by atoms with Gasteiger partial charge in [0.25, 0.3) is 0 Å². The van der Waals surface area contributed by atoms with Gasteiger partial charge in [0.15, 0.2) is 5.82 Å². The molecule has 0 unspecified atom stereocenters. The van der Waals surface area contributed by atoms with Gasteiger partial charge in [-0.3, -0.25) is 0 Å². The molecule has 108 valence electrons. The normalized spacial score (nSPS) is 11.2. The number of para-hydroxylation sites is 1. The summed E-state index contributed by atoms with van der Waals surface area (Å²) >= 11 is 6.47. The minimum atomic E-state index is 0.464.